The molecular weight excluding hydrogens is 360 g/mol. The molecule has 2 aromatic carbocycles. The van der Waals surface area contributed by atoms with Crippen LogP contribution >= 0.6 is 11.8 Å². The molecule has 6 nitrogen and oxygen atoms in total. The van der Waals surface area contributed by atoms with Crippen LogP contribution in [0.15, 0.2) is 58.1 Å². The number of aromatic nitrogens is 2. The summed E-state index contributed by atoms with van der Waals surface area (Å²) in [7, 11) is 0. The fourth-order valence-electron chi connectivity index (χ4n) is 3.02. The maximum atomic E-state index is 12.5. The summed E-state index contributed by atoms with van der Waals surface area (Å²) < 4.78 is 7.57. The van der Waals surface area contributed by atoms with Crippen LogP contribution in [0.2, 0.25) is 0 Å². The largest absolute Gasteiger partial charge is 0.443 e. The summed E-state index contributed by atoms with van der Waals surface area (Å²) in [5, 5.41) is 13.6. The van der Waals surface area contributed by atoms with E-state index >= 15 is 0 Å². The van der Waals surface area contributed by atoms with E-state index in [2.05, 4.69) is 21.8 Å². The van der Waals surface area contributed by atoms with Gasteiger partial charge in [0.25, 0.3) is 0 Å². The fourth-order valence-corrected chi connectivity index (χ4v) is 3.90. The van der Waals surface area contributed by atoms with Gasteiger partial charge in [-0.05, 0) is 31.2 Å². The van der Waals surface area contributed by atoms with Crippen LogP contribution in [0.5, 0.6) is 0 Å². The molecule has 0 spiro atoms. The van der Waals surface area contributed by atoms with Crippen LogP contribution in [0.1, 0.15) is 12.7 Å². The van der Waals surface area contributed by atoms with Gasteiger partial charge in [-0.15, -0.1) is 0 Å². The summed E-state index contributed by atoms with van der Waals surface area (Å²) in [4.78, 5) is 17.1. The van der Waals surface area contributed by atoms with Crippen molar-refractivity contribution in [1.82, 2.24) is 9.55 Å². The average molecular weight is 376 g/mol. The van der Waals surface area contributed by atoms with Crippen LogP contribution in [0, 0.1) is 11.3 Å². The number of furan rings is 1. The molecule has 2 aromatic heterocycles. The number of nitrogens with one attached hydrogen (secondary N) is 1. The monoisotopic (exact) mass is 376 g/mol. The zero-order valence-electron chi connectivity index (χ0n) is 14.6. The standard InChI is InChI=1S/C20H16N4O2S/c1-2-24-15-9-5-4-8-14(15)22-20(24)27-12-18(25)23-19-13-7-3-6-10-16(13)26-17(19)11-21/h3-10H,2,12H2,1H3,(H,23,25). The van der Waals surface area contributed by atoms with Crippen LogP contribution in [0.4, 0.5) is 5.69 Å². The predicted octanol–water partition coefficient (Wildman–Crippen LogP) is 4.40. The Bertz CT molecular complexity index is 1190. The minimum Gasteiger partial charge on any atom is -0.443 e. The number of amides is 1. The van der Waals surface area contributed by atoms with Crippen molar-refractivity contribution in [3.63, 3.8) is 0 Å². The van der Waals surface area contributed by atoms with Crippen molar-refractivity contribution in [3.05, 3.63) is 54.3 Å². The van der Waals surface area contributed by atoms with Gasteiger partial charge in [0.1, 0.15) is 17.3 Å². The number of nitriles is 1. The molecule has 134 valence electrons. The van der Waals surface area contributed by atoms with Gasteiger partial charge in [0.2, 0.25) is 11.7 Å². The molecule has 2 heterocycles. The zero-order valence-corrected chi connectivity index (χ0v) is 15.4. The first-order chi connectivity index (χ1) is 13.2. The molecular formula is C20H16N4O2S. The van der Waals surface area contributed by atoms with Gasteiger partial charge in [0, 0.05) is 11.9 Å². The predicted molar refractivity (Wildman–Crippen MR) is 106 cm³/mol. The Morgan fingerprint density at radius 2 is 2.04 bits per heavy atom. The van der Waals surface area contributed by atoms with Crippen LogP contribution in [-0.4, -0.2) is 21.2 Å². The minimum absolute atomic E-state index is 0.107. The summed E-state index contributed by atoms with van der Waals surface area (Å²) in [6.07, 6.45) is 0. The molecule has 0 aliphatic rings. The summed E-state index contributed by atoms with van der Waals surface area (Å²) >= 11 is 1.37. The molecule has 0 bridgehead atoms. The Morgan fingerprint density at radius 3 is 2.85 bits per heavy atom. The van der Waals surface area contributed by atoms with Crippen LogP contribution in [0.3, 0.4) is 0 Å². The second kappa shape index (κ2) is 7.17. The highest BCUT2D eigenvalue weighted by Crippen LogP contribution is 2.31. The van der Waals surface area contributed by atoms with Gasteiger partial charge >= 0.3 is 0 Å². The summed E-state index contributed by atoms with van der Waals surface area (Å²) in [6.45, 7) is 2.82. The van der Waals surface area contributed by atoms with E-state index in [1.54, 1.807) is 6.07 Å². The highest BCUT2D eigenvalue weighted by atomic mass is 32.2. The second-order valence-corrected chi connectivity index (χ2v) is 6.82. The van der Waals surface area contributed by atoms with Gasteiger partial charge in [0.05, 0.1) is 16.8 Å². The number of imidazole rings is 1. The number of anilines is 1. The SMILES string of the molecule is CCn1c(SCC(=O)Nc2c(C#N)oc3ccccc23)nc2ccccc21. The molecule has 0 aliphatic carbocycles. The number of para-hydroxylation sites is 3. The van der Waals surface area contributed by atoms with E-state index < -0.39 is 0 Å². The van der Waals surface area contributed by atoms with Gasteiger partial charge in [-0.3, -0.25) is 4.79 Å². The summed E-state index contributed by atoms with van der Waals surface area (Å²) in [5.74, 6) is 0.0846. The highest BCUT2D eigenvalue weighted by molar-refractivity contribution is 7.99. The van der Waals surface area contributed by atoms with Crippen molar-refractivity contribution in [2.24, 2.45) is 0 Å². The van der Waals surface area contributed by atoms with E-state index in [0.717, 1.165) is 22.7 Å². The van der Waals surface area contributed by atoms with E-state index in [9.17, 15) is 10.1 Å². The maximum Gasteiger partial charge on any atom is 0.234 e. The lowest BCUT2D eigenvalue weighted by molar-refractivity contribution is -0.113. The van der Waals surface area contributed by atoms with E-state index in [1.807, 2.05) is 48.5 Å². The number of carbonyl (C=O) groups excluding carboxylic acids is 1. The Kier molecular flexibility index (Phi) is 4.57. The lowest BCUT2D eigenvalue weighted by atomic mass is 10.2. The molecule has 1 amide bonds. The normalized spacial score (nSPS) is 11.0. The number of fused-ring (bicyclic) bond motifs is 2. The van der Waals surface area contributed by atoms with E-state index in [4.69, 9.17) is 4.42 Å². The third kappa shape index (κ3) is 3.15. The van der Waals surface area contributed by atoms with Gasteiger partial charge < -0.3 is 14.3 Å². The molecule has 0 unspecified atom stereocenters. The van der Waals surface area contributed by atoms with Crippen molar-refractivity contribution < 1.29 is 9.21 Å². The Hall–Kier alpha value is -3.24. The van der Waals surface area contributed by atoms with Gasteiger partial charge in [-0.25, -0.2) is 4.98 Å². The number of benzene rings is 2. The van der Waals surface area contributed by atoms with Gasteiger partial charge in [-0.2, -0.15) is 5.26 Å². The molecule has 1 N–H and O–H groups in total. The van der Waals surface area contributed by atoms with Crippen LogP contribution in [-0.2, 0) is 11.3 Å². The quantitative estimate of drug-likeness (QED) is 0.522. The van der Waals surface area contributed by atoms with Crippen molar-refractivity contribution in [1.29, 1.82) is 5.26 Å². The number of hydrogen-bond donors (Lipinski definition) is 1. The van der Waals surface area contributed by atoms with Crippen molar-refractivity contribution in [3.8, 4) is 6.07 Å². The number of hydrogen-bond acceptors (Lipinski definition) is 5. The maximum absolute atomic E-state index is 12.5. The minimum atomic E-state index is -0.210. The third-order valence-electron chi connectivity index (χ3n) is 4.23. The number of nitrogens with zero attached hydrogens (tertiary/aromatic N) is 3. The highest BCUT2D eigenvalue weighted by Gasteiger charge is 2.17. The van der Waals surface area contributed by atoms with Crippen molar-refractivity contribution in [2.75, 3.05) is 11.1 Å². The van der Waals surface area contributed by atoms with Crippen LogP contribution in [0.25, 0.3) is 22.0 Å². The van der Waals surface area contributed by atoms with E-state index in [0.29, 0.717) is 16.7 Å². The average Bonchev–Trinajstić information content (AvgIpc) is 3.24. The second-order valence-electron chi connectivity index (χ2n) is 5.88. The lowest BCUT2D eigenvalue weighted by Gasteiger charge is -2.06. The number of aryl methyl sites for hydroxylation is 1. The molecule has 7 heteroatoms. The smallest absolute Gasteiger partial charge is 0.234 e. The zero-order chi connectivity index (χ0) is 18.8. The summed E-state index contributed by atoms with van der Waals surface area (Å²) in [6, 6.07) is 17.2. The van der Waals surface area contributed by atoms with E-state index in [-0.39, 0.29) is 17.4 Å². The first kappa shape index (κ1) is 17.2. The molecule has 27 heavy (non-hydrogen) atoms. The third-order valence-corrected chi connectivity index (χ3v) is 5.21. The fraction of sp³-hybridized carbons (Fsp3) is 0.150. The first-order valence-electron chi connectivity index (χ1n) is 8.50. The lowest BCUT2D eigenvalue weighted by Crippen LogP contribution is -2.15. The molecule has 0 saturated heterocycles. The molecule has 0 radical (unpaired) electrons. The molecule has 0 aliphatic heterocycles. The topological polar surface area (TPSA) is 83.9 Å². The number of rotatable bonds is 5. The van der Waals surface area contributed by atoms with E-state index in [1.165, 1.54) is 11.8 Å². The van der Waals surface area contributed by atoms with Crippen LogP contribution < -0.4 is 5.32 Å². The molecule has 0 fully saturated rings. The van der Waals surface area contributed by atoms with Crippen molar-refractivity contribution >= 4 is 45.4 Å². The Labute approximate surface area is 159 Å². The molecule has 0 saturated carbocycles. The van der Waals surface area contributed by atoms with Gasteiger partial charge in [-0.1, -0.05) is 36.0 Å². The first-order valence-corrected chi connectivity index (χ1v) is 9.49. The summed E-state index contributed by atoms with van der Waals surface area (Å²) in [5.41, 5.74) is 2.96. The Balaban J connectivity index is 1.54. The molecule has 0 atom stereocenters. The Morgan fingerprint density at radius 1 is 1.26 bits per heavy atom. The molecule has 4 aromatic rings. The van der Waals surface area contributed by atoms with Gasteiger partial charge in [0.15, 0.2) is 5.16 Å². The number of carbonyl (C=O) groups is 1. The number of thioether (sulfide) groups is 1. The van der Waals surface area contributed by atoms with Crippen molar-refractivity contribution in [2.45, 2.75) is 18.6 Å². The molecule has 4 rings (SSSR count).